The van der Waals surface area contributed by atoms with Crippen LogP contribution in [0.4, 0.5) is 10.5 Å². The maximum absolute atomic E-state index is 11.8. The topological polar surface area (TPSA) is 61.4 Å². The molecule has 0 aliphatic carbocycles. The van der Waals surface area contributed by atoms with Crippen molar-refractivity contribution in [3.05, 3.63) is 51.7 Å². The predicted molar refractivity (Wildman–Crippen MR) is 82.2 cm³/mol. The normalized spacial score (nSPS) is 11.9. The Morgan fingerprint density at radius 2 is 2.00 bits per heavy atom. The number of thiophene rings is 1. The number of hydrogen-bond acceptors (Lipinski definition) is 3. The van der Waals surface area contributed by atoms with Gasteiger partial charge < -0.3 is 15.7 Å². The SMILES string of the molecule is Cc1ccccc1NC(=O)NCC(O)c1sccc1C. The lowest BCUT2D eigenvalue weighted by atomic mass is 10.2. The van der Waals surface area contributed by atoms with Gasteiger partial charge >= 0.3 is 6.03 Å². The molecule has 0 aliphatic heterocycles. The summed E-state index contributed by atoms with van der Waals surface area (Å²) in [6, 6.07) is 9.20. The smallest absolute Gasteiger partial charge is 0.319 e. The number of aryl methyl sites for hydroxylation is 2. The standard InChI is InChI=1S/C15H18N2O2S/c1-10-5-3-4-6-12(10)17-15(19)16-9-13(18)14-11(2)7-8-20-14/h3-8,13,18H,9H2,1-2H3,(H2,16,17,19). The number of hydrogen-bond donors (Lipinski definition) is 3. The number of anilines is 1. The Balaban J connectivity index is 1.87. The van der Waals surface area contributed by atoms with Crippen LogP contribution in [0.1, 0.15) is 22.1 Å². The number of rotatable bonds is 4. The molecule has 1 aromatic carbocycles. The molecule has 1 aromatic heterocycles. The molecule has 20 heavy (non-hydrogen) atoms. The average Bonchev–Trinajstić information content (AvgIpc) is 2.85. The first-order valence-corrected chi connectivity index (χ1v) is 7.28. The van der Waals surface area contributed by atoms with Crippen molar-refractivity contribution in [2.75, 3.05) is 11.9 Å². The second-order valence-electron chi connectivity index (χ2n) is 4.63. The summed E-state index contributed by atoms with van der Waals surface area (Å²) < 4.78 is 0. The fourth-order valence-electron chi connectivity index (χ4n) is 1.89. The number of benzene rings is 1. The monoisotopic (exact) mass is 290 g/mol. The minimum absolute atomic E-state index is 0.194. The fraction of sp³-hybridized carbons (Fsp3) is 0.267. The number of aliphatic hydroxyl groups is 1. The molecule has 0 fully saturated rings. The van der Waals surface area contributed by atoms with E-state index >= 15 is 0 Å². The van der Waals surface area contributed by atoms with Crippen molar-refractivity contribution in [1.82, 2.24) is 5.32 Å². The molecule has 1 unspecified atom stereocenters. The predicted octanol–water partition coefficient (Wildman–Crippen LogP) is 3.22. The third-order valence-corrected chi connectivity index (χ3v) is 4.17. The Morgan fingerprint density at radius 1 is 1.25 bits per heavy atom. The van der Waals surface area contributed by atoms with Crippen molar-refractivity contribution in [2.24, 2.45) is 0 Å². The van der Waals surface area contributed by atoms with E-state index < -0.39 is 6.10 Å². The Bertz CT molecular complexity index is 595. The lowest BCUT2D eigenvalue weighted by Gasteiger charge is -2.13. The molecular weight excluding hydrogens is 272 g/mol. The van der Waals surface area contributed by atoms with Gasteiger partial charge in [-0.05, 0) is 42.5 Å². The molecule has 0 spiro atoms. The fourth-order valence-corrected chi connectivity index (χ4v) is 2.80. The van der Waals surface area contributed by atoms with Crippen LogP contribution in [0, 0.1) is 13.8 Å². The summed E-state index contributed by atoms with van der Waals surface area (Å²) >= 11 is 1.49. The summed E-state index contributed by atoms with van der Waals surface area (Å²) in [5.41, 5.74) is 2.81. The van der Waals surface area contributed by atoms with E-state index in [0.29, 0.717) is 0 Å². The third kappa shape index (κ3) is 3.59. The summed E-state index contributed by atoms with van der Waals surface area (Å²) in [5.74, 6) is 0. The van der Waals surface area contributed by atoms with E-state index in [-0.39, 0.29) is 12.6 Å². The lowest BCUT2D eigenvalue weighted by molar-refractivity contribution is 0.178. The number of carbonyl (C=O) groups excluding carboxylic acids is 1. The molecule has 2 amide bonds. The molecule has 0 bridgehead atoms. The van der Waals surface area contributed by atoms with Crippen LogP contribution in [0.25, 0.3) is 0 Å². The van der Waals surface area contributed by atoms with E-state index in [0.717, 1.165) is 21.7 Å². The van der Waals surface area contributed by atoms with Gasteiger partial charge in [0.2, 0.25) is 0 Å². The molecule has 0 radical (unpaired) electrons. The number of aliphatic hydroxyl groups excluding tert-OH is 1. The van der Waals surface area contributed by atoms with Crippen molar-refractivity contribution in [3.8, 4) is 0 Å². The molecule has 4 nitrogen and oxygen atoms in total. The Labute approximate surface area is 122 Å². The Morgan fingerprint density at radius 3 is 2.65 bits per heavy atom. The van der Waals surface area contributed by atoms with Crippen LogP contribution in [-0.2, 0) is 0 Å². The van der Waals surface area contributed by atoms with Gasteiger partial charge in [-0.25, -0.2) is 4.79 Å². The van der Waals surface area contributed by atoms with Crippen molar-refractivity contribution in [2.45, 2.75) is 20.0 Å². The largest absolute Gasteiger partial charge is 0.386 e. The van der Waals surface area contributed by atoms with Crippen molar-refractivity contribution in [1.29, 1.82) is 0 Å². The van der Waals surface area contributed by atoms with E-state index in [1.54, 1.807) is 0 Å². The van der Waals surface area contributed by atoms with Gasteiger partial charge in [-0.1, -0.05) is 18.2 Å². The number of carbonyl (C=O) groups is 1. The van der Waals surface area contributed by atoms with Gasteiger partial charge in [0.25, 0.3) is 0 Å². The molecule has 2 rings (SSSR count). The zero-order chi connectivity index (χ0) is 14.5. The quantitative estimate of drug-likeness (QED) is 0.809. The maximum Gasteiger partial charge on any atom is 0.319 e. The zero-order valence-electron chi connectivity index (χ0n) is 11.5. The van der Waals surface area contributed by atoms with Crippen LogP contribution in [0.3, 0.4) is 0 Å². The summed E-state index contributed by atoms with van der Waals surface area (Å²) in [6.07, 6.45) is -0.669. The van der Waals surface area contributed by atoms with Crippen LogP contribution in [-0.4, -0.2) is 17.7 Å². The molecule has 0 aliphatic rings. The molecule has 2 aromatic rings. The molecule has 3 N–H and O–H groups in total. The van der Waals surface area contributed by atoms with E-state index in [1.807, 2.05) is 49.6 Å². The molecule has 1 atom stereocenters. The first kappa shape index (κ1) is 14.6. The van der Waals surface area contributed by atoms with E-state index in [4.69, 9.17) is 0 Å². The second kappa shape index (κ2) is 6.54. The minimum atomic E-state index is -0.669. The third-order valence-electron chi connectivity index (χ3n) is 3.05. The number of nitrogens with one attached hydrogen (secondary N) is 2. The van der Waals surface area contributed by atoms with Crippen LogP contribution in [0.5, 0.6) is 0 Å². The molecule has 0 saturated heterocycles. The van der Waals surface area contributed by atoms with Crippen LogP contribution >= 0.6 is 11.3 Å². The summed E-state index contributed by atoms with van der Waals surface area (Å²) in [7, 11) is 0. The van der Waals surface area contributed by atoms with Gasteiger partial charge in [-0.15, -0.1) is 11.3 Å². The van der Waals surface area contributed by atoms with Gasteiger partial charge in [-0.2, -0.15) is 0 Å². The van der Waals surface area contributed by atoms with Gasteiger partial charge in [0.05, 0.1) is 6.54 Å². The molecule has 5 heteroatoms. The van der Waals surface area contributed by atoms with Crippen molar-refractivity contribution in [3.63, 3.8) is 0 Å². The second-order valence-corrected chi connectivity index (χ2v) is 5.58. The first-order valence-electron chi connectivity index (χ1n) is 6.40. The molecule has 1 heterocycles. The summed E-state index contributed by atoms with van der Waals surface area (Å²) in [4.78, 5) is 12.7. The average molecular weight is 290 g/mol. The minimum Gasteiger partial charge on any atom is -0.386 e. The first-order chi connectivity index (χ1) is 9.58. The van der Waals surface area contributed by atoms with Gasteiger partial charge in [0, 0.05) is 10.6 Å². The summed E-state index contributed by atoms with van der Waals surface area (Å²) in [5, 5.41) is 17.4. The zero-order valence-corrected chi connectivity index (χ0v) is 12.3. The van der Waals surface area contributed by atoms with Crippen molar-refractivity contribution < 1.29 is 9.90 Å². The van der Waals surface area contributed by atoms with Gasteiger partial charge in [-0.3, -0.25) is 0 Å². The van der Waals surface area contributed by atoms with Crippen molar-refractivity contribution >= 4 is 23.1 Å². The van der Waals surface area contributed by atoms with E-state index in [1.165, 1.54) is 11.3 Å². The van der Waals surface area contributed by atoms with E-state index in [2.05, 4.69) is 10.6 Å². The van der Waals surface area contributed by atoms with Gasteiger partial charge in [0.15, 0.2) is 0 Å². The number of amides is 2. The highest BCUT2D eigenvalue weighted by molar-refractivity contribution is 7.10. The summed E-state index contributed by atoms with van der Waals surface area (Å²) in [6.45, 7) is 4.07. The highest BCUT2D eigenvalue weighted by Crippen LogP contribution is 2.23. The molecule has 106 valence electrons. The highest BCUT2D eigenvalue weighted by atomic mass is 32.1. The van der Waals surface area contributed by atoms with E-state index in [9.17, 15) is 9.90 Å². The Hall–Kier alpha value is -1.85. The molecular formula is C15H18N2O2S. The molecule has 0 saturated carbocycles. The number of para-hydroxylation sites is 1. The highest BCUT2D eigenvalue weighted by Gasteiger charge is 2.13. The lowest BCUT2D eigenvalue weighted by Crippen LogP contribution is -2.32. The Kier molecular flexibility index (Phi) is 4.76. The van der Waals surface area contributed by atoms with Gasteiger partial charge in [0.1, 0.15) is 6.10 Å². The number of urea groups is 1. The van der Waals surface area contributed by atoms with Crippen LogP contribution in [0.2, 0.25) is 0 Å². The van der Waals surface area contributed by atoms with Crippen LogP contribution < -0.4 is 10.6 Å². The maximum atomic E-state index is 11.8. The van der Waals surface area contributed by atoms with Crippen LogP contribution in [0.15, 0.2) is 35.7 Å².